The topological polar surface area (TPSA) is 139 Å². The molecule has 3 N–H and O–H groups in total. The first-order chi connectivity index (χ1) is 17.7. The van der Waals surface area contributed by atoms with Crippen LogP contribution in [0.15, 0.2) is 23.3 Å². The predicted octanol–water partition coefficient (Wildman–Crippen LogP) is 3.96. The molecule has 0 aliphatic carbocycles. The smallest absolute Gasteiger partial charge is 0.329 e. The number of cyclic esters (lactones) is 1. The zero-order valence-electron chi connectivity index (χ0n) is 24.1. The Labute approximate surface area is 226 Å². The van der Waals surface area contributed by atoms with Crippen LogP contribution in [-0.2, 0) is 28.7 Å². The Morgan fingerprint density at radius 2 is 1.53 bits per heavy atom. The first-order valence-corrected chi connectivity index (χ1v) is 13.6. The number of carbonyl (C=O) groups is 5. The van der Waals surface area contributed by atoms with E-state index < -0.39 is 54.3 Å². The van der Waals surface area contributed by atoms with Crippen molar-refractivity contribution in [3.63, 3.8) is 0 Å². The number of nitrogens with one attached hydrogen (secondary N) is 2. The Bertz CT molecular complexity index is 939. The fraction of sp³-hybridized carbons (Fsp3) is 0.690. The van der Waals surface area contributed by atoms with Crippen LogP contribution in [0.4, 0.5) is 0 Å². The number of esters is 1. The Hall–Kier alpha value is -2.97. The molecule has 1 fully saturated rings. The fourth-order valence-corrected chi connectivity index (χ4v) is 4.62. The maximum absolute atomic E-state index is 13.4. The molecule has 0 aromatic heterocycles. The molecule has 1 heterocycles. The molecule has 0 bridgehead atoms. The summed E-state index contributed by atoms with van der Waals surface area (Å²) >= 11 is 0. The van der Waals surface area contributed by atoms with Crippen molar-refractivity contribution in [3.8, 4) is 0 Å². The van der Waals surface area contributed by atoms with Crippen molar-refractivity contribution >= 4 is 29.5 Å². The second kappa shape index (κ2) is 15.4. The van der Waals surface area contributed by atoms with Gasteiger partial charge in [0.05, 0.1) is 12.3 Å². The first kappa shape index (κ1) is 33.1. The lowest BCUT2D eigenvalue weighted by atomic mass is 9.90. The molecule has 1 aliphatic rings. The van der Waals surface area contributed by atoms with Crippen LogP contribution in [0.25, 0.3) is 0 Å². The van der Waals surface area contributed by atoms with Crippen LogP contribution in [0.2, 0.25) is 0 Å². The molecule has 1 saturated heterocycles. The van der Waals surface area contributed by atoms with Gasteiger partial charge in [0.2, 0.25) is 11.8 Å². The van der Waals surface area contributed by atoms with E-state index in [0.29, 0.717) is 25.7 Å². The van der Waals surface area contributed by atoms with E-state index in [9.17, 15) is 24.0 Å². The minimum absolute atomic E-state index is 0.116. The molecule has 214 valence electrons. The lowest BCUT2D eigenvalue weighted by Gasteiger charge is -2.31. The molecule has 0 radical (unpaired) electrons. The number of Topliss-reactive ketones (excluding diaryl/α,β-unsaturated/α-hetero) is 1. The van der Waals surface area contributed by atoms with Crippen molar-refractivity contribution in [3.05, 3.63) is 23.3 Å². The molecule has 1 unspecified atom stereocenters. The van der Waals surface area contributed by atoms with Crippen LogP contribution in [0.1, 0.15) is 87.5 Å². The fourth-order valence-electron chi connectivity index (χ4n) is 4.62. The average molecular weight is 535 g/mol. The zero-order chi connectivity index (χ0) is 29.2. The molecule has 0 aromatic rings. The quantitative estimate of drug-likeness (QED) is 0.167. The third kappa shape index (κ3) is 10.4. The SMILES string of the molecule is CC[C@@H](C)[C@H]1NC(=O)[C@H]([C@@H](C)CC)NC(=O)CC(=O)[C@@H](C)[C@@H](/C=C(\C)CC(C)C/C(C)=C/C(=O)O)OC1=O. The maximum Gasteiger partial charge on any atom is 0.329 e. The largest absolute Gasteiger partial charge is 0.478 e. The van der Waals surface area contributed by atoms with E-state index in [-0.39, 0.29) is 23.5 Å². The molecule has 7 atom stereocenters. The summed E-state index contributed by atoms with van der Waals surface area (Å²) in [4.78, 5) is 63.3. The third-order valence-electron chi connectivity index (χ3n) is 7.32. The van der Waals surface area contributed by atoms with E-state index in [2.05, 4.69) is 10.6 Å². The number of amides is 2. The maximum atomic E-state index is 13.4. The van der Waals surface area contributed by atoms with E-state index in [0.717, 1.165) is 11.1 Å². The van der Waals surface area contributed by atoms with Gasteiger partial charge in [-0.25, -0.2) is 9.59 Å². The van der Waals surface area contributed by atoms with Gasteiger partial charge in [0.25, 0.3) is 0 Å². The molecular weight excluding hydrogens is 488 g/mol. The highest BCUT2D eigenvalue weighted by atomic mass is 16.5. The zero-order valence-corrected chi connectivity index (χ0v) is 24.1. The van der Waals surface area contributed by atoms with Gasteiger partial charge in [-0.15, -0.1) is 0 Å². The van der Waals surface area contributed by atoms with Crippen molar-refractivity contribution in [1.29, 1.82) is 0 Å². The van der Waals surface area contributed by atoms with Gasteiger partial charge < -0.3 is 20.5 Å². The summed E-state index contributed by atoms with van der Waals surface area (Å²) in [5.41, 5.74) is 1.61. The Morgan fingerprint density at radius 3 is 2.08 bits per heavy atom. The number of hydrogen-bond donors (Lipinski definition) is 3. The van der Waals surface area contributed by atoms with Gasteiger partial charge in [-0.05, 0) is 50.5 Å². The van der Waals surface area contributed by atoms with Crippen molar-refractivity contribution < 1.29 is 33.8 Å². The molecular formula is C29H46N2O7. The molecule has 9 heteroatoms. The Morgan fingerprint density at radius 1 is 0.974 bits per heavy atom. The van der Waals surface area contributed by atoms with Crippen molar-refractivity contribution in [2.75, 3.05) is 0 Å². The molecule has 0 aromatic carbocycles. The molecule has 38 heavy (non-hydrogen) atoms. The van der Waals surface area contributed by atoms with Crippen molar-refractivity contribution in [2.24, 2.45) is 23.7 Å². The molecule has 0 spiro atoms. The number of hydrogen-bond acceptors (Lipinski definition) is 6. The van der Waals surface area contributed by atoms with E-state index in [4.69, 9.17) is 9.84 Å². The van der Waals surface area contributed by atoms with Gasteiger partial charge in [-0.3, -0.25) is 14.4 Å². The standard InChI is InChI=1S/C29H46N2O7/c1-9-19(6)26-28(36)31-27(20(7)10-2)29(37)38-23(21(8)22(32)15-24(33)30-26)13-17(4)11-16(3)12-18(5)14-25(34)35/h13-14,16,19-21,23,26-27H,9-12,15H2,1-8H3,(H,30,33)(H,31,36)(H,34,35)/b17-13+,18-14+/t16?,19-,20+,21+,23+,26-,27+/m0/s1. The van der Waals surface area contributed by atoms with E-state index >= 15 is 0 Å². The van der Waals surface area contributed by atoms with Crippen LogP contribution in [0.5, 0.6) is 0 Å². The highest BCUT2D eigenvalue weighted by Gasteiger charge is 2.37. The number of carboxylic acids is 1. The van der Waals surface area contributed by atoms with Gasteiger partial charge in [0.1, 0.15) is 24.0 Å². The minimum atomic E-state index is -0.989. The van der Waals surface area contributed by atoms with Crippen molar-refractivity contribution in [1.82, 2.24) is 10.6 Å². The summed E-state index contributed by atoms with van der Waals surface area (Å²) in [6.45, 7) is 14.7. The highest BCUT2D eigenvalue weighted by molar-refractivity contribution is 6.01. The lowest BCUT2D eigenvalue weighted by Crippen LogP contribution is -2.57. The monoisotopic (exact) mass is 534 g/mol. The van der Waals surface area contributed by atoms with Gasteiger partial charge in [0, 0.05) is 6.08 Å². The minimum Gasteiger partial charge on any atom is -0.478 e. The molecule has 1 aliphatic heterocycles. The summed E-state index contributed by atoms with van der Waals surface area (Å²) in [6, 6.07) is -1.80. The molecule has 0 saturated carbocycles. The molecule has 9 nitrogen and oxygen atoms in total. The summed E-state index contributed by atoms with van der Waals surface area (Å²) in [5, 5.41) is 14.5. The first-order valence-electron chi connectivity index (χ1n) is 13.6. The van der Waals surface area contributed by atoms with Crippen LogP contribution in [-0.4, -0.2) is 52.8 Å². The van der Waals surface area contributed by atoms with E-state index in [1.54, 1.807) is 19.9 Å². The average Bonchev–Trinajstić information content (AvgIpc) is 2.82. The summed E-state index contributed by atoms with van der Waals surface area (Å²) in [7, 11) is 0. The second-order valence-electron chi connectivity index (χ2n) is 11.0. The van der Waals surface area contributed by atoms with E-state index in [1.165, 1.54) is 6.08 Å². The van der Waals surface area contributed by atoms with Crippen molar-refractivity contribution in [2.45, 2.75) is 106 Å². The lowest BCUT2D eigenvalue weighted by molar-refractivity contribution is -0.156. The number of ether oxygens (including phenoxy) is 1. The predicted molar refractivity (Wildman–Crippen MR) is 145 cm³/mol. The number of ketones is 1. The second-order valence-corrected chi connectivity index (χ2v) is 11.0. The summed E-state index contributed by atoms with van der Waals surface area (Å²) < 4.78 is 5.86. The number of aliphatic carboxylic acids is 1. The third-order valence-corrected chi connectivity index (χ3v) is 7.32. The van der Waals surface area contributed by atoms with Gasteiger partial charge in [-0.1, -0.05) is 65.5 Å². The number of carbonyl (C=O) groups excluding carboxylic acids is 4. The van der Waals surface area contributed by atoms with Gasteiger partial charge in [-0.2, -0.15) is 0 Å². The summed E-state index contributed by atoms with van der Waals surface area (Å²) in [6.07, 6.45) is 3.98. The Balaban J connectivity index is 3.32. The van der Waals surface area contributed by atoms with Crippen LogP contribution < -0.4 is 10.6 Å². The van der Waals surface area contributed by atoms with E-state index in [1.807, 2.05) is 41.5 Å². The summed E-state index contributed by atoms with van der Waals surface area (Å²) in [5.74, 6) is -4.10. The Kier molecular flexibility index (Phi) is 13.4. The van der Waals surface area contributed by atoms with Crippen LogP contribution in [0.3, 0.4) is 0 Å². The highest BCUT2D eigenvalue weighted by Crippen LogP contribution is 2.23. The number of allylic oxidation sites excluding steroid dienone is 2. The van der Waals surface area contributed by atoms with Gasteiger partial charge >= 0.3 is 11.9 Å². The van der Waals surface area contributed by atoms with Crippen LogP contribution >= 0.6 is 0 Å². The molecule has 2 amide bonds. The normalized spacial score (nSPS) is 26.7. The van der Waals surface area contributed by atoms with Gasteiger partial charge in [0.15, 0.2) is 0 Å². The number of rotatable bonds is 10. The number of carboxylic acid groups (broad SMARTS) is 1. The molecule has 1 rings (SSSR count). The van der Waals surface area contributed by atoms with Crippen LogP contribution in [0, 0.1) is 23.7 Å².